The lowest BCUT2D eigenvalue weighted by Crippen LogP contribution is -2.05. The summed E-state index contributed by atoms with van der Waals surface area (Å²) in [7, 11) is 0. The molecule has 1 heterocycles. The largest absolute Gasteiger partial charge is 0.396 e. The number of nitrogen functional groups attached to an aromatic ring is 1. The lowest BCUT2D eigenvalue weighted by molar-refractivity contribution is 0.145. The smallest absolute Gasteiger partial charge is 0.284 e. The van der Waals surface area contributed by atoms with E-state index in [-0.39, 0.29) is 29.8 Å². The van der Waals surface area contributed by atoms with Crippen LogP contribution in [0.15, 0.2) is 0 Å². The van der Waals surface area contributed by atoms with E-state index < -0.39 is 6.43 Å². The topological polar surface area (TPSA) is 43.8 Å². The van der Waals surface area contributed by atoms with Crippen LogP contribution in [0, 0.1) is 6.92 Å². The SMILES string of the molecule is Cc1c(N)c(C(F)F)nn1C(C)C.Cl. The van der Waals surface area contributed by atoms with E-state index in [4.69, 9.17) is 5.73 Å². The molecule has 0 aromatic carbocycles. The second kappa shape index (κ2) is 4.59. The highest BCUT2D eigenvalue weighted by molar-refractivity contribution is 5.85. The van der Waals surface area contributed by atoms with Crippen LogP contribution < -0.4 is 5.73 Å². The molecule has 0 aliphatic heterocycles. The predicted molar refractivity (Wildman–Crippen MR) is 54.0 cm³/mol. The first-order valence-corrected chi connectivity index (χ1v) is 4.07. The third-order valence-electron chi connectivity index (χ3n) is 1.92. The van der Waals surface area contributed by atoms with Crippen LogP contribution in [-0.4, -0.2) is 9.78 Å². The van der Waals surface area contributed by atoms with Crippen molar-refractivity contribution < 1.29 is 8.78 Å². The minimum Gasteiger partial charge on any atom is -0.396 e. The van der Waals surface area contributed by atoms with Gasteiger partial charge in [0.1, 0.15) is 0 Å². The fourth-order valence-corrected chi connectivity index (χ4v) is 1.22. The molecule has 0 saturated heterocycles. The highest BCUT2D eigenvalue weighted by Gasteiger charge is 2.20. The van der Waals surface area contributed by atoms with Crippen LogP contribution in [0.2, 0.25) is 0 Å². The number of rotatable bonds is 2. The number of halogens is 3. The van der Waals surface area contributed by atoms with E-state index >= 15 is 0 Å². The summed E-state index contributed by atoms with van der Waals surface area (Å²) < 4.78 is 26.2. The van der Waals surface area contributed by atoms with Crippen molar-refractivity contribution in [3.8, 4) is 0 Å². The van der Waals surface area contributed by atoms with E-state index in [1.807, 2.05) is 13.8 Å². The summed E-state index contributed by atoms with van der Waals surface area (Å²) in [5, 5.41) is 3.75. The summed E-state index contributed by atoms with van der Waals surface area (Å²) in [6.07, 6.45) is -2.60. The Bertz CT molecular complexity index is 281. The maximum Gasteiger partial charge on any atom is 0.284 e. The monoisotopic (exact) mass is 225 g/mol. The quantitative estimate of drug-likeness (QED) is 0.841. The molecule has 0 aliphatic carbocycles. The molecule has 0 atom stereocenters. The van der Waals surface area contributed by atoms with Crippen LogP contribution in [0.1, 0.15) is 37.7 Å². The van der Waals surface area contributed by atoms with E-state index in [1.165, 1.54) is 4.68 Å². The number of anilines is 1. The van der Waals surface area contributed by atoms with Gasteiger partial charge >= 0.3 is 0 Å². The van der Waals surface area contributed by atoms with Crippen LogP contribution >= 0.6 is 12.4 Å². The van der Waals surface area contributed by atoms with Crippen molar-refractivity contribution in [3.63, 3.8) is 0 Å². The Morgan fingerprint density at radius 3 is 2.07 bits per heavy atom. The van der Waals surface area contributed by atoms with Crippen LogP contribution in [0.4, 0.5) is 14.5 Å². The third-order valence-corrected chi connectivity index (χ3v) is 1.92. The molecule has 0 fully saturated rings. The molecule has 0 unspecified atom stereocenters. The number of hydrogen-bond acceptors (Lipinski definition) is 2. The molecule has 1 aromatic heterocycles. The molecule has 14 heavy (non-hydrogen) atoms. The Hall–Kier alpha value is -0.840. The Morgan fingerprint density at radius 2 is 1.86 bits per heavy atom. The van der Waals surface area contributed by atoms with Gasteiger partial charge in [0.2, 0.25) is 0 Å². The lowest BCUT2D eigenvalue weighted by atomic mass is 10.3. The van der Waals surface area contributed by atoms with Crippen molar-refractivity contribution in [2.75, 3.05) is 5.73 Å². The molecule has 3 nitrogen and oxygen atoms in total. The Morgan fingerprint density at radius 1 is 1.36 bits per heavy atom. The molecule has 0 radical (unpaired) electrons. The molecule has 0 amide bonds. The van der Waals surface area contributed by atoms with Gasteiger partial charge in [-0.3, -0.25) is 4.68 Å². The molecule has 82 valence electrons. The maximum atomic E-state index is 12.3. The number of alkyl halides is 2. The molecule has 1 rings (SSSR count). The molecule has 0 aliphatic rings. The zero-order valence-electron chi connectivity index (χ0n) is 8.29. The van der Waals surface area contributed by atoms with Gasteiger partial charge in [-0.25, -0.2) is 8.78 Å². The fraction of sp³-hybridized carbons (Fsp3) is 0.625. The highest BCUT2D eigenvalue weighted by atomic mass is 35.5. The van der Waals surface area contributed by atoms with Gasteiger partial charge in [-0.2, -0.15) is 5.10 Å². The lowest BCUT2D eigenvalue weighted by Gasteiger charge is -2.06. The van der Waals surface area contributed by atoms with Gasteiger partial charge in [0.05, 0.1) is 11.4 Å². The van der Waals surface area contributed by atoms with Crippen LogP contribution in [0.5, 0.6) is 0 Å². The maximum absolute atomic E-state index is 12.3. The van der Waals surface area contributed by atoms with Gasteiger partial charge in [0.15, 0.2) is 5.69 Å². The van der Waals surface area contributed by atoms with Gasteiger partial charge in [-0.15, -0.1) is 12.4 Å². The van der Waals surface area contributed by atoms with Gasteiger partial charge < -0.3 is 5.73 Å². The summed E-state index contributed by atoms with van der Waals surface area (Å²) >= 11 is 0. The minimum absolute atomic E-state index is 0. The predicted octanol–water partition coefficient (Wildman–Crippen LogP) is 2.71. The third kappa shape index (κ3) is 2.15. The average Bonchev–Trinajstić information content (AvgIpc) is 2.29. The Kier molecular flexibility index (Phi) is 4.32. The zero-order valence-corrected chi connectivity index (χ0v) is 9.11. The number of hydrogen-bond donors (Lipinski definition) is 1. The molecule has 1 aromatic rings. The number of nitrogens with two attached hydrogens (primary N) is 1. The Labute approximate surface area is 87.7 Å². The molecule has 0 bridgehead atoms. The molecular weight excluding hydrogens is 212 g/mol. The fourth-order valence-electron chi connectivity index (χ4n) is 1.22. The summed E-state index contributed by atoms with van der Waals surface area (Å²) in [6.45, 7) is 5.43. The van der Waals surface area contributed by atoms with Gasteiger partial charge in [0.25, 0.3) is 6.43 Å². The van der Waals surface area contributed by atoms with E-state index in [9.17, 15) is 8.78 Å². The standard InChI is InChI=1S/C8H13F2N3.ClH/c1-4(2)13-5(3)6(11)7(12-13)8(9)10;/h4,8H,11H2,1-3H3;1H. The normalized spacial score (nSPS) is 10.8. The van der Waals surface area contributed by atoms with E-state index in [1.54, 1.807) is 6.92 Å². The van der Waals surface area contributed by atoms with Crippen molar-refractivity contribution in [3.05, 3.63) is 11.4 Å². The van der Waals surface area contributed by atoms with Crippen LogP contribution in [0.25, 0.3) is 0 Å². The molecular formula is C8H14ClF2N3. The second-order valence-electron chi connectivity index (χ2n) is 3.22. The minimum atomic E-state index is -2.60. The van der Waals surface area contributed by atoms with Crippen molar-refractivity contribution in [2.45, 2.75) is 33.2 Å². The van der Waals surface area contributed by atoms with Crippen LogP contribution in [0.3, 0.4) is 0 Å². The zero-order chi connectivity index (χ0) is 10.2. The molecule has 0 saturated carbocycles. The van der Waals surface area contributed by atoms with E-state index in [0.29, 0.717) is 5.69 Å². The highest BCUT2D eigenvalue weighted by Crippen LogP contribution is 2.27. The summed E-state index contributed by atoms with van der Waals surface area (Å²) in [4.78, 5) is 0. The Balaban J connectivity index is 0.00000169. The first-order valence-electron chi connectivity index (χ1n) is 4.07. The van der Waals surface area contributed by atoms with Gasteiger partial charge in [-0.1, -0.05) is 0 Å². The van der Waals surface area contributed by atoms with Gasteiger partial charge in [-0.05, 0) is 20.8 Å². The number of aromatic nitrogens is 2. The molecule has 6 heteroatoms. The first-order chi connectivity index (χ1) is 5.95. The summed E-state index contributed by atoms with van der Waals surface area (Å²) in [6, 6.07) is 0.0507. The van der Waals surface area contributed by atoms with Crippen LogP contribution in [-0.2, 0) is 0 Å². The van der Waals surface area contributed by atoms with Crippen molar-refractivity contribution in [1.29, 1.82) is 0 Å². The first kappa shape index (κ1) is 13.2. The van der Waals surface area contributed by atoms with Crippen molar-refractivity contribution in [1.82, 2.24) is 9.78 Å². The van der Waals surface area contributed by atoms with Gasteiger partial charge in [0, 0.05) is 6.04 Å². The van der Waals surface area contributed by atoms with Crippen molar-refractivity contribution >= 4 is 18.1 Å². The second-order valence-corrected chi connectivity index (χ2v) is 3.22. The summed E-state index contributed by atoms with van der Waals surface area (Å²) in [5.74, 6) is 0. The van der Waals surface area contributed by atoms with Crippen molar-refractivity contribution in [2.24, 2.45) is 0 Å². The average molecular weight is 226 g/mol. The van der Waals surface area contributed by atoms with E-state index in [0.717, 1.165) is 0 Å². The number of nitrogens with zero attached hydrogens (tertiary/aromatic N) is 2. The summed E-state index contributed by atoms with van der Waals surface area (Å²) in [5.41, 5.74) is 5.87. The molecule has 0 spiro atoms. The molecule has 2 N–H and O–H groups in total. The van der Waals surface area contributed by atoms with E-state index in [2.05, 4.69) is 5.10 Å².